The fraction of sp³-hybridized carbons (Fsp3) is 0.385. The molecule has 0 bridgehead atoms. The molecule has 0 spiro atoms. The summed E-state index contributed by atoms with van der Waals surface area (Å²) in [5.74, 6) is 0.866. The summed E-state index contributed by atoms with van der Waals surface area (Å²) in [5.41, 5.74) is 2.18. The van der Waals surface area contributed by atoms with Gasteiger partial charge in [0.1, 0.15) is 5.75 Å². The Bertz CT molecular complexity index is 519. The molecule has 1 unspecified atom stereocenters. The van der Waals surface area contributed by atoms with Gasteiger partial charge in [0.15, 0.2) is 0 Å². The van der Waals surface area contributed by atoms with E-state index in [1.54, 1.807) is 7.11 Å². The molecule has 0 fully saturated rings. The van der Waals surface area contributed by atoms with Crippen LogP contribution in [0.25, 0.3) is 0 Å². The van der Waals surface area contributed by atoms with E-state index < -0.39 is 0 Å². The van der Waals surface area contributed by atoms with Gasteiger partial charge in [-0.15, -0.1) is 0 Å². The van der Waals surface area contributed by atoms with E-state index in [9.17, 15) is 0 Å². The number of nitrogens with zero attached hydrogens (tertiary/aromatic N) is 2. The minimum absolute atomic E-state index is 0.173. The zero-order valence-electron chi connectivity index (χ0n) is 10.9. The van der Waals surface area contributed by atoms with E-state index in [1.165, 1.54) is 17.3 Å². The van der Waals surface area contributed by atoms with Crippen LogP contribution in [-0.2, 0) is 6.42 Å². The van der Waals surface area contributed by atoms with Crippen LogP contribution >= 0.6 is 27.7 Å². The fourth-order valence-corrected chi connectivity index (χ4v) is 2.79. The van der Waals surface area contributed by atoms with Crippen molar-refractivity contribution in [3.8, 4) is 5.75 Å². The molecule has 2 aromatic rings. The van der Waals surface area contributed by atoms with Crippen LogP contribution in [0.1, 0.15) is 24.2 Å². The monoisotopic (exact) mass is 341 g/mol. The lowest BCUT2D eigenvalue weighted by Gasteiger charge is -2.16. The highest BCUT2D eigenvalue weighted by Crippen LogP contribution is 2.27. The van der Waals surface area contributed by atoms with Gasteiger partial charge in [-0.25, -0.2) is 0 Å². The lowest BCUT2D eigenvalue weighted by Crippen LogP contribution is -2.23. The largest absolute Gasteiger partial charge is 0.497 e. The molecule has 2 rings (SSSR count). The number of hydrogen-bond donors (Lipinski definition) is 1. The average molecular weight is 342 g/mol. The molecular weight excluding hydrogens is 326 g/mol. The molecule has 0 aliphatic heterocycles. The number of methoxy groups -OCH3 is 1. The number of halogens is 1. The summed E-state index contributed by atoms with van der Waals surface area (Å²) in [4.78, 5) is 0. The third-order valence-corrected chi connectivity index (χ3v) is 4.13. The average Bonchev–Trinajstić information content (AvgIpc) is 2.94. The van der Waals surface area contributed by atoms with Crippen LogP contribution in [0.3, 0.4) is 0 Å². The van der Waals surface area contributed by atoms with Gasteiger partial charge in [0.25, 0.3) is 0 Å². The second-order valence-corrected chi connectivity index (χ2v) is 5.52. The third-order valence-electron chi connectivity index (χ3n) is 2.86. The van der Waals surface area contributed by atoms with Crippen molar-refractivity contribution in [3.63, 3.8) is 0 Å². The summed E-state index contributed by atoms with van der Waals surface area (Å²) in [5, 5.41) is 3.44. The standard InChI is InChI=1S/C13H16BrN3OS/c1-3-15-12(13-8-16-19-17-13)7-9-6-10(18-2)4-5-11(9)14/h4-6,8,12,15H,3,7H2,1-2H3. The van der Waals surface area contributed by atoms with Gasteiger partial charge in [-0.05, 0) is 36.7 Å². The topological polar surface area (TPSA) is 47.0 Å². The number of aromatic nitrogens is 2. The van der Waals surface area contributed by atoms with Gasteiger partial charge in [-0.1, -0.05) is 22.9 Å². The molecule has 1 atom stereocenters. The SMILES string of the molecule is CCNC(Cc1cc(OC)ccc1Br)c1cnsn1. The van der Waals surface area contributed by atoms with Crippen LogP contribution in [0.15, 0.2) is 28.9 Å². The number of rotatable bonds is 6. The van der Waals surface area contributed by atoms with E-state index >= 15 is 0 Å². The van der Waals surface area contributed by atoms with Crippen molar-refractivity contribution in [2.45, 2.75) is 19.4 Å². The zero-order chi connectivity index (χ0) is 13.7. The Kier molecular flexibility index (Phi) is 5.30. The van der Waals surface area contributed by atoms with Crippen LogP contribution in [0.5, 0.6) is 5.75 Å². The van der Waals surface area contributed by atoms with Crippen LogP contribution < -0.4 is 10.1 Å². The van der Waals surface area contributed by atoms with Crippen molar-refractivity contribution >= 4 is 27.7 Å². The Hall–Kier alpha value is -0.980. The predicted octanol–water partition coefficient (Wildman–Crippen LogP) is 3.20. The molecule has 6 heteroatoms. The number of ether oxygens (including phenoxy) is 1. The van der Waals surface area contributed by atoms with Crippen LogP contribution in [-0.4, -0.2) is 22.4 Å². The normalized spacial score (nSPS) is 12.4. The second kappa shape index (κ2) is 6.98. The van der Waals surface area contributed by atoms with Gasteiger partial charge in [0.05, 0.1) is 36.8 Å². The molecule has 1 N–H and O–H groups in total. The van der Waals surface area contributed by atoms with E-state index in [4.69, 9.17) is 4.74 Å². The first-order valence-electron chi connectivity index (χ1n) is 6.07. The number of benzene rings is 1. The molecule has 0 radical (unpaired) electrons. The first-order valence-corrected chi connectivity index (χ1v) is 7.60. The summed E-state index contributed by atoms with van der Waals surface area (Å²) in [6.45, 7) is 2.98. The first kappa shape index (κ1) is 14.4. The maximum atomic E-state index is 5.27. The molecule has 4 nitrogen and oxygen atoms in total. The first-order chi connectivity index (χ1) is 9.24. The highest BCUT2D eigenvalue weighted by atomic mass is 79.9. The van der Waals surface area contributed by atoms with Gasteiger partial charge in [0.2, 0.25) is 0 Å². The number of hydrogen-bond acceptors (Lipinski definition) is 5. The molecule has 19 heavy (non-hydrogen) atoms. The van der Waals surface area contributed by atoms with E-state index in [1.807, 2.05) is 24.4 Å². The summed E-state index contributed by atoms with van der Waals surface area (Å²) in [6.07, 6.45) is 2.67. The fourth-order valence-electron chi connectivity index (χ4n) is 1.91. The van der Waals surface area contributed by atoms with Gasteiger partial charge >= 0.3 is 0 Å². The second-order valence-electron chi connectivity index (χ2n) is 4.10. The molecule has 102 valence electrons. The van der Waals surface area contributed by atoms with E-state index in [0.717, 1.165) is 28.9 Å². The highest BCUT2D eigenvalue weighted by Gasteiger charge is 2.15. The van der Waals surface area contributed by atoms with Gasteiger partial charge in [0, 0.05) is 4.47 Å². The molecule has 1 heterocycles. The zero-order valence-corrected chi connectivity index (χ0v) is 13.3. The van der Waals surface area contributed by atoms with Crippen LogP contribution in [0.4, 0.5) is 0 Å². The highest BCUT2D eigenvalue weighted by molar-refractivity contribution is 9.10. The minimum atomic E-state index is 0.173. The van der Waals surface area contributed by atoms with Crippen molar-refractivity contribution in [2.24, 2.45) is 0 Å². The molecule has 0 aliphatic rings. The molecule has 0 aliphatic carbocycles. The predicted molar refractivity (Wildman–Crippen MR) is 80.7 cm³/mol. The van der Waals surface area contributed by atoms with Gasteiger partial charge < -0.3 is 10.1 Å². The third kappa shape index (κ3) is 3.75. The minimum Gasteiger partial charge on any atom is -0.497 e. The smallest absolute Gasteiger partial charge is 0.119 e. The molecule has 0 saturated carbocycles. The maximum absolute atomic E-state index is 5.27. The molecule has 0 saturated heterocycles. The Morgan fingerprint density at radius 1 is 1.47 bits per heavy atom. The van der Waals surface area contributed by atoms with Crippen molar-refractivity contribution in [3.05, 3.63) is 40.1 Å². The summed E-state index contributed by atoms with van der Waals surface area (Å²) in [6, 6.07) is 6.18. The van der Waals surface area contributed by atoms with Crippen LogP contribution in [0, 0.1) is 0 Å². The Morgan fingerprint density at radius 3 is 2.95 bits per heavy atom. The summed E-state index contributed by atoms with van der Waals surface area (Å²) >= 11 is 4.83. The Labute approximate surface area is 125 Å². The van der Waals surface area contributed by atoms with Crippen molar-refractivity contribution in [2.75, 3.05) is 13.7 Å². The molecule has 0 amide bonds. The molecule has 1 aromatic heterocycles. The lowest BCUT2D eigenvalue weighted by atomic mass is 10.0. The Morgan fingerprint density at radius 2 is 2.32 bits per heavy atom. The lowest BCUT2D eigenvalue weighted by molar-refractivity contribution is 0.413. The summed E-state index contributed by atoms with van der Waals surface area (Å²) < 4.78 is 14.8. The van der Waals surface area contributed by atoms with Crippen molar-refractivity contribution in [1.82, 2.24) is 14.1 Å². The van der Waals surface area contributed by atoms with E-state index in [2.05, 4.69) is 36.9 Å². The molecular formula is C13H16BrN3OS. The van der Waals surface area contributed by atoms with Crippen molar-refractivity contribution in [1.29, 1.82) is 0 Å². The van der Waals surface area contributed by atoms with Gasteiger partial charge in [-0.2, -0.15) is 8.75 Å². The number of likely N-dealkylation sites (N-methyl/N-ethyl adjacent to an activating group) is 1. The Balaban J connectivity index is 2.21. The van der Waals surface area contributed by atoms with E-state index in [-0.39, 0.29) is 6.04 Å². The number of nitrogens with one attached hydrogen (secondary N) is 1. The summed E-state index contributed by atoms with van der Waals surface area (Å²) in [7, 11) is 1.68. The van der Waals surface area contributed by atoms with Gasteiger partial charge in [-0.3, -0.25) is 0 Å². The maximum Gasteiger partial charge on any atom is 0.119 e. The van der Waals surface area contributed by atoms with Crippen molar-refractivity contribution < 1.29 is 4.74 Å². The quantitative estimate of drug-likeness (QED) is 0.876. The molecule has 1 aromatic carbocycles. The van der Waals surface area contributed by atoms with Crippen LogP contribution in [0.2, 0.25) is 0 Å². The van der Waals surface area contributed by atoms with E-state index in [0.29, 0.717) is 0 Å².